The summed E-state index contributed by atoms with van der Waals surface area (Å²) in [6.45, 7) is 2.10. The molecule has 0 aromatic carbocycles. The van der Waals surface area contributed by atoms with E-state index in [0.29, 0.717) is 6.61 Å². The molecule has 102 valence electrons. The van der Waals surface area contributed by atoms with Crippen molar-refractivity contribution in [2.75, 3.05) is 13.7 Å². The fraction of sp³-hybridized carbons (Fsp3) is 0.714. The van der Waals surface area contributed by atoms with Gasteiger partial charge < -0.3 is 9.47 Å². The Labute approximate surface area is 108 Å². The van der Waals surface area contributed by atoms with Gasteiger partial charge >= 0.3 is 11.9 Å². The van der Waals surface area contributed by atoms with Gasteiger partial charge in [0.15, 0.2) is 0 Å². The van der Waals surface area contributed by atoms with Crippen LogP contribution in [0, 0.1) is 11.8 Å². The normalized spacial score (nSPS) is 18.6. The molecule has 0 aliphatic heterocycles. The SMILES string of the molecule is CCOC(=O)C=CC(C(=O)OC)C1CCCCC1. The van der Waals surface area contributed by atoms with E-state index in [0.717, 1.165) is 25.7 Å². The summed E-state index contributed by atoms with van der Waals surface area (Å²) < 4.78 is 9.63. The summed E-state index contributed by atoms with van der Waals surface area (Å²) in [4.78, 5) is 23.0. The summed E-state index contributed by atoms with van der Waals surface area (Å²) in [6.07, 6.45) is 8.54. The lowest BCUT2D eigenvalue weighted by molar-refractivity contribution is -0.145. The molecule has 0 amide bonds. The van der Waals surface area contributed by atoms with E-state index in [1.54, 1.807) is 13.0 Å². The van der Waals surface area contributed by atoms with Crippen molar-refractivity contribution in [3.63, 3.8) is 0 Å². The summed E-state index contributed by atoms with van der Waals surface area (Å²) in [7, 11) is 1.39. The maximum atomic E-state index is 11.8. The number of ether oxygens (including phenoxy) is 2. The van der Waals surface area contributed by atoms with Crippen molar-refractivity contribution >= 4 is 11.9 Å². The van der Waals surface area contributed by atoms with Gasteiger partial charge in [0.2, 0.25) is 0 Å². The van der Waals surface area contributed by atoms with Crippen molar-refractivity contribution in [1.82, 2.24) is 0 Å². The van der Waals surface area contributed by atoms with Crippen LogP contribution in [0.4, 0.5) is 0 Å². The Kier molecular flexibility index (Phi) is 6.47. The molecule has 0 aromatic rings. The molecule has 0 bridgehead atoms. The van der Waals surface area contributed by atoms with Gasteiger partial charge in [0.1, 0.15) is 0 Å². The van der Waals surface area contributed by atoms with E-state index >= 15 is 0 Å². The second-order valence-corrected chi connectivity index (χ2v) is 4.56. The van der Waals surface area contributed by atoms with Crippen molar-refractivity contribution < 1.29 is 19.1 Å². The molecule has 1 aliphatic rings. The first-order valence-corrected chi connectivity index (χ1v) is 6.61. The molecular formula is C14H22O4. The average molecular weight is 254 g/mol. The molecule has 1 fully saturated rings. The Morgan fingerprint density at radius 1 is 1.28 bits per heavy atom. The van der Waals surface area contributed by atoms with Gasteiger partial charge in [-0.05, 0) is 25.7 Å². The van der Waals surface area contributed by atoms with Gasteiger partial charge in [-0.15, -0.1) is 0 Å². The van der Waals surface area contributed by atoms with Gasteiger partial charge in [-0.2, -0.15) is 0 Å². The molecule has 0 spiro atoms. The monoisotopic (exact) mass is 254 g/mol. The highest BCUT2D eigenvalue weighted by Crippen LogP contribution is 2.31. The van der Waals surface area contributed by atoms with Gasteiger partial charge in [-0.3, -0.25) is 4.79 Å². The zero-order valence-corrected chi connectivity index (χ0v) is 11.2. The van der Waals surface area contributed by atoms with E-state index in [1.165, 1.54) is 19.6 Å². The van der Waals surface area contributed by atoms with Crippen LogP contribution in [0.25, 0.3) is 0 Å². The van der Waals surface area contributed by atoms with Crippen LogP contribution in [0.1, 0.15) is 39.0 Å². The number of carbonyl (C=O) groups is 2. The molecule has 4 heteroatoms. The molecule has 4 nitrogen and oxygen atoms in total. The smallest absolute Gasteiger partial charge is 0.330 e. The predicted molar refractivity (Wildman–Crippen MR) is 67.9 cm³/mol. The maximum Gasteiger partial charge on any atom is 0.330 e. The van der Waals surface area contributed by atoms with Crippen LogP contribution in [-0.4, -0.2) is 25.7 Å². The maximum absolute atomic E-state index is 11.8. The summed E-state index contributed by atoms with van der Waals surface area (Å²) in [6, 6.07) is 0. The van der Waals surface area contributed by atoms with Gasteiger partial charge in [-0.25, -0.2) is 4.79 Å². The van der Waals surface area contributed by atoms with E-state index in [1.807, 2.05) is 0 Å². The quantitative estimate of drug-likeness (QED) is 0.558. The minimum atomic E-state index is -0.401. The highest BCUT2D eigenvalue weighted by Gasteiger charge is 2.28. The highest BCUT2D eigenvalue weighted by molar-refractivity contribution is 5.84. The van der Waals surface area contributed by atoms with E-state index in [4.69, 9.17) is 9.47 Å². The summed E-state index contributed by atoms with van der Waals surface area (Å²) >= 11 is 0. The minimum Gasteiger partial charge on any atom is -0.469 e. The molecule has 0 aromatic heterocycles. The summed E-state index contributed by atoms with van der Waals surface area (Å²) in [5.41, 5.74) is 0. The average Bonchev–Trinajstić information content (AvgIpc) is 2.40. The number of esters is 2. The molecule has 1 aliphatic carbocycles. The van der Waals surface area contributed by atoms with E-state index < -0.39 is 5.97 Å². The Bertz CT molecular complexity index is 303. The lowest BCUT2D eigenvalue weighted by Gasteiger charge is -2.26. The molecule has 0 saturated heterocycles. The third-order valence-corrected chi connectivity index (χ3v) is 3.36. The first-order chi connectivity index (χ1) is 8.69. The number of methoxy groups -OCH3 is 1. The zero-order valence-electron chi connectivity index (χ0n) is 11.2. The highest BCUT2D eigenvalue weighted by atomic mass is 16.5. The van der Waals surface area contributed by atoms with Crippen LogP contribution in [0.2, 0.25) is 0 Å². The molecule has 1 unspecified atom stereocenters. The molecule has 1 rings (SSSR count). The lowest BCUT2D eigenvalue weighted by atomic mass is 9.80. The van der Waals surface area contributed by atoms with Crippen LogP contribution in [-0.2, 0) is 19.1 Å². The molecule has 0 heterocycles. The van der Waals surface area contributed by atoms with Gasteiger partial charge in [0.25, 0.3) is 0 Å². The zero-order chi connectivity index (χ0) is 13.4. The van der Waals surface area contributed by atoms with Gasteiger partial charge in [0.05, 0.1) is 19.6 Å². The third-order valence-electron chi connectivity index (χ3n) is 3.36. The van der Waals surface area contributed by atoms with Crippen molar-refractivity contribution in [2.45, 2.75) is 39.0 Å². The number of rotatable bonds is 5. The van der Waals surface area contributed by atoms with Crippen molar-refractivity contribution in [3.8, 4) is 0 Å². The van der Waals surface area contributed by atoms with Gasteiger partial charge in [0, 0.05) is 6.08 Å². The molecule has 0 radical (unpaired) electrons. The number of carbonyl (C=O) groups excluding carboxylic acids is 2. The van der Waals surface area contributed by atoms with Crippen LogP contribution in [0.5, 0.6) is 0 Å². The predicted octanol–water partition coefficient (Wildman–Crippen LogP) is 2.48. The lowest BCUT2D eigenvalue weighted by Crippen LogP contribution is -2.25. The summed E-state index contributed by atoms with van der Waals surface area (Å²) in [5.74, 6) is -0.693. The van der Waals surface area contributed by atoms with Crippen LogP contribution in [0.3, 0.4) is 0 Å². The van der Waals surface area contributed by atoms with Gasteiger partial charge in [-0.1, -0.05) is 25.3 Å². The van der Waals surface area contributed by atoms with Crippen LogP contribution in [0.15, 0.2) is 12.2 Å². The molecule has 1 atom stereocenters. The summed E-state index contributed by atoms with van der Waals surface area (Å²) in [5, 5.41) is 0. The first-order valence-electron chi connectivity index (χ1n) is 6.61. The Morgan fingerprint density at radius 3 is 2.50 bits per heavy atom. The van der Waals surface area contributed by atoms with E-state index in [-0.39, 0.29) is 17.8 Å². The van der Waals surface area contributed by atoms with Crippen molar-refractivity contribution in [1.29, 1.82) is 0 Å². The first kappa shape index (κ1) is 14.7. The van der Waals surface area contributed by atoms with E-state index in [2.05, 4.69) is 0 Å². The third kappa shape index (κ3) is 4.51. The molecular weight excluding hydrogens is 232 g/mol. The topological polar surface area (TPSA) is 52.6 Å². The fourth-order valence-electron chi connectivity index (χ4n) is 2.43. The Morgan fingerprint density at radius 2 is 1.94 bits per heavy atom. The van der Waals surface area contributed by atoms with Crippen LogP contribution < -0.4 is 0 Å². The van der Waals surface area contributed by atoms with Crippen LogP contribution >= 0.6 is 0 Å². The second kappa shape index (κ2) is 7.90. The fourth-order valence-corrected chi connectivity index (χ4v) is 2.43. The molecule has 0 N–H and O–H groups in total. The largest absolute Gasteiger partial charge is 0.469 e. The standard InChI is InChI=1S/C14H22O4/c1-3-18-13(15)10-9-12(14(16)17-2)11-7-5-4-6-8-11/h9-12H,3-8H2,1-2H3. The molecule has 1 saturated carbocycles. The number of hydrogen-bond donors (Lipinski definition) is 0. The molecule has 18 heavy (non-hydrogen) atoms. The Balaban J connectivity index is 2.65. The van der Waals surface area contributed by atoms with Crippen molar-refractivity contribution in [3.05, 3.63) is 12.2 Å². The van der Waals surface area contributed by atoms with E-state index in [9.17, 15) is 9.59 Å². The minimum absolute atomic E-state index is 0.262. The van der Waals surface area contributed by atoms with Crippen molar-refractivity contribution in [2.24, 2.45) is 11.8 Å². The Hall–Kier alpha value is -1.32. The number of hydrogen-bond acceptors (Lipinski definition) is 4. The second-order valence-electron chi connectivity index (χ2n) is 4.56.